The highest BCUT2D eigenvalue weighted by Gasteiger charge is 2.38. The number of hydrogen-bond acceptors (Lipinski definition) is 1. The lowest BCUT2D eigenvalue weighted by atomic mass is 9.94. The van der Waals surface area contributed by atoms with E-state index >= 15 is 0 Å². The smallest absolute Gasteiger partial charge is 0.00944 e. The van der Waals surface area contributed by atoms with Gasteiger partial charge < -0.3 is 0 Å². The molecule has 0 radical (unpaired) electrons. The van der Waals surface area contributed by atoms with Crippen molar-refractivity contribution in [1.29, 1.82) is 0 Å². The van der Waals surface area contributed by atoms with Crippen molar-refractivity contribution < 1.29 is 0 Å². The summed E-state index contributed by atoms with van der Waals surface area (Å²) in [7, 11) is 0. The van der Waals surface area contributed by atoms with Crippen LogP contribution in [0.4, 0.5) is 0 Å². The zero-order valence-corrected chi connectivity index (χ0v) is 8.53. The van der Waals surface area contributed by atoms with Crippen LogP contribution in [0.5, 0.6) is 0 Å². The van der Waals surface area contributed by atoms with E-state index in [-0.39, 0.29) is 0 Å². The molecule has 3 unspecified atom stereocenters. The molecule has 0 N–H and O–H groups in total. The van der Waals surface area contributed by atoms with Gasteiger partial charge in [-0.3, -0.25) is 0 Å². The summed E-state index contributed by atoms with van der Waals surface area (Å²) < 4.78 is 0. The van der Waals surface area contributed by atoms with Crippen LogP contribution in [0.2, 0.25) is 0 Å². The standard InChI is InChI=1S/C10H18S/c1-7(2)4-8(3)10-5-9(10)6-11/h6-10H,4-5H2,1-3H3. The minimum atomic E-state index is 0.777. The summed E-state index contributed by atoms with van der Waals surface area (Å²) in [6.07, 6.45) is 2.72. The lowest BCUT2D eigenvalue weighted by molar-refractivity contribution is 0.392. The van der Waals surface area contributed by atoms with Crippen molar-refractivity contribution >= 4 is 17.6 Å². The fourth-order valence-electron chi connectivity index (χ4n) is 1.96. The van der Waals surface area contributed by atoms with Crippen LogP contribution in [0.15, 0.2) is 0 Å². The third kappa shape index (κ3) is 2.55. The molecule has 1 aliphatic carbocycles. The number of hydrogen-bond donors (Lipinski definition) is 0. The van der Waals surface area contributed by atoms with E-state index in [0.717, 1.165) is 23.7 Å². The first-order valence-electron chi connectivity index (χ1n) is 4.60. The van der Waals surface area contributed by atoms with Gasteiger partial charge in [0.25, 0.3) is 0 Å². The Kier molecular flexibility index (Phi) is 3.06. The molecule has 3 atom stereocenters. The van der Waals surface area contributed by atoms with Crippen molar-refractivity contribution in [3.05, 3.63) is 0 Å². The Hall–Kier alpha value is 0.0900. The van der Waals surface area contributed by atoms with Crippen LogP contribution in [0.3, 0.4) is 0 Å². The van der Waals surface area contributed by atoms with Gasteiger partial charge in [-0.25, -0.2) is 0 Å². The molecule has 0 aliphatic heterocycles. The first-order valence-corrected chi connectivity index (χ1v) is 5.07. The van der Waals surface area contributed by atoms with Crippen LogP contribution in [0.1, 0.15) is 33.6 Å². The van der Waals surface area contributed by atoms with Crippen LogP contribution < -0.4 is 0 Å². The van der Waals surface area contributed by atoms with Gasteiger partial charge in [0.05, 0.1) is 0 Å². The van der Waals surface area contributed by atoms with Crippen LogP contribution in [-0.2, 0) is 0 Å². The van der Waals surface area contributed by atoms with Gasteiger partial charge in [0.1, 0.15) is 0 Å². The summed E-state index contributed by atoms with van der Waals surface area (Å²) in [5.74, 6) is 3.43. The summed E-state index contributed by atoms with van der Waals surface area (Å²) in [6.45, 7) is 6.96. The van der Waals surface area contributed by atoms with E-state index in [1.807, 2.05) is 5.37 Å². The van der Waals surface area contributed by atoms with Crippen LogP contribution in [0.25, 0.3) is 0 Å². The predicted molar refractivity (Wildman–Crippen MR) is 53.9 cm³/mol. The summed E-state index contributed by atoms with van der Waals surface area (Å²) in [5.41, 5.74) is 0. The third-order valence-corrected chi connectivity index (χ3v) is 2.99. The molecule has 0 heterocycles. The van der Waals surface area contributed by atoms with Gasteiger partial charge in [0, 0.05) is 0 Å². The highest BCUT2D eigenvalue weighted by atomic mass is 32.1. The van der Waals surface area contributed by atoms with Gasteiger partial charge in [-0.15, -0.1) is 0 Å². The van der Waals surface area contributed by atoms with Gasteiger partial charge in [-0.2, -0.15) is 0 Å². The molecule has 11 heavy (non-hydrogen) atoms. The molecule has 1 fully saturated rings. The Morgan fingerprint density at radius 1 is 1.45 bits per heavy atom. The first kappa shape index (κ1) is 9.18. The summed E-state index contributed by atoms with van der Waals surface area (Å²) >= 11 is 4.92. The zero-order chi connectivity index (χ0) is 8.43. The highest BCUT2D eigenvalue weighted by Crippen LogP contribution is 2.44. The lowest BCUT2D eigenvalue weighted by Gasteiger charge is -2.12. The van der Waals surface area contributed by atoms with Crippen LogP contribution in [-0.4, -0.2) is 5.37 Å². The fourth-order valence-corrected chi connectivity index (χ4v) is 2.28. The van der Waals surface area contributed by atoms with E-state index in [2.05, 4.69) is 20.8 Å². The SMILES string of the molecule is CC(C)CC(C)C1CC1C=S. The molecular formula is C10H18S. The maximum absolute atomic E-state index is 4.92. The maximum atomic E-state index is 4.92. The fraction of sp³-hybridized carbons (Fsp3) is 0.900. The zero-order valence-electron chi connectivity index (χ0n) is 7.71. The molecular weight excluding hydrogens is 152 g/mol. The molecule has 0 nitrogen and oxygen atoms in total. The van der Waals surface area contributed by atoms with Crippen molar-refractivity contribution in [1.82, 2.24) is 0 Å². The average molecular weight is 170 g/mol. The lowest BCUT2D eigenvalue weighted by Crippen LogP contribution is -2.03. The Bertz CT molecular complexity index is 140. The van der Waals surface area contributed by atoms with Crippen molar-refractivity contribution in [2.24, 2.45) is 23.7 Å². The van der Waals surface area contributed by atoms with Crippen molar-refractivity contribution in [3.63, 3.8) is 0 Å². The Labute approximate surface area is 75.4 Å². The van der Waals surface area contributed by atoms with Gasteiger partial charge >= 0.3 is 0 Å². The third-order valence-electron chi connectivity index (χ3n) is 2.64. The molecule has 0 bridgehead atoms. The summed E-state index contributed by atoms with van der Waals surface area (Å²) in [5, 5.41) is 1.96. The quantitative estimate of drug-likeness (QED) is 0.583. The number of thiocarbonyl (C=S) groups is 1. The first-order chi connectivity index (χ1) is 5.15. The summed E-state index contributed by atoms with van der Waals surface area (Å²) in [6, 6.07) is 0. The van der Waals surface area contributed by atoms with Crippen molar-refractivity contribution in [2.45, 2.75) is 33.6 Å². The van der Waals surface area contributed by atoms with E-state index < -0.39 is 0 Å². The summed E-state index contributed by atoms with van der Waals surface area (Å²) in [4.78, 5) is 0. The minimum Gasteiger partial charge on any atom is -0.0932 e. The second kappa shape index (κ2) is 3.66. The van der Waals surface area contributed by atoms with Crippen LogP contribution in [0, 0.1) is 23.7 Å². The van der Waals surface area contributed by atoms with Crippen molar-refractivity contribution in [3.8, 4) is 0 Å². The molecule has 0 saturated heterocycles. The molecule has 1 saturated carbocycles. The minimum absolute atomic E-state index is 0.777. The largest absolute Gasteiger partial charge is 0.0932 e. The van der Waals surface area contributed by atoms with E-state index in [4.69, 9.17) is 12.2 Å². The highest BCUT2D eigenvalue weighted by molar-refractivity contribution is 7.79. The molecule has 1 rings (SSSR count). The molecule has 0 aromatic carbocycles. The Morgan fingerprint density at radius 3 is 2.45 bits per heavy atom. The van der Waals surface area contributed by atoms with E-state index in [1.54, 1.807) is 0 Å². The van der Waals surface area contributed by atoms with Gasteiger partial charge in [-0.1, -0.05) is 33.0 Å². The average Bonchev–Trinajstić information content (AvgIpc) is 2.63. The predicted octanol–water partition coefficient (Wildman–Crippen LogP) is 3.30. The molecule has 1 aliphatic rings. The van der Waals surface area contributed by atoms with E-state index in [1.165, 1.54) is 12.8 Å². The second-order valence-corrected chi connectivity index (χ2v) is 4.58. The molecule has 1 heteroatoms. The maximum Gasteiger partial charge on any atom is -0.00944 e. The van der Waals surface area contributed by atoms with E-state index in [0.29, 0.717) is 0 Å². The van der Waals surface area contributed by atoms with Gasteiger partial charge in [-0.05, 0) is 41.9 Å². The Balaban J connectivity index is 2.22. The monoisotopic (exact) mass is 170 g/mol. The molecule has 0 amide bonds. The number of rotatable bonds is 4. The topological polar surface area (TPSA) is 0 Å². The van der Waals surface area contributed by atoms with Crippen LogP contribution >= 0.6 is 12.2 Å². The van der Waals surface area contributed by atoms with Gasteiger partial charge in [0.15, 0.2) is 0 Å². The molecule has 0 aromatic rings. The molecule has 64 valence electrons. The molecule has 0 spiro atoms. The second-order valence-electron chi connectivity index (χ2n) is 4.31. The van der Waals surface area contributed by atoms with Gasteiger partial charge in [0.2, 0.25) is 0 Å². The van der Waals surface area contributed by atoms with E-state index in [9.17, 15) is 0 Å². The van der Waals surface area contributed by atoms with Crippen molar-refractivity contribution in [2.75, 3.05) is 0 Å². The molecule has 0 aromatic heterocycles. The Morgan fingerprint density at radius 2 is 2.09 bits per heavy atom. The normalized spacial score (nSPS) is 32.0.